The number of nitrogens with zero attached hydrogens (tertiary/aromatic N) is 2. The van der Waals surface area contributed by atoms with Crippen LogP contribution >= 0.6 is 11.6 Å². The monoisotopic (exact) mass is 278 g/mol. The Morgan fingerprint density at radius 1 is 1.37 bits per heavy atom. The maximum Gasteiger partial charge on any atom is 0.256 e. The first-order valence-electron chi connectivity index (χ1n) is 5.80. The molecule has 1 aromatic heterocycles. The van der Waals surface area contributed by atoms with Crippen molar-refractivity contribution in [3.8, 4) is 0 Å². The molecule has 0 aliphatic heterocycles. The van der Waals surface area contributed by atoms with E-state index in [1.807, 2.05) is 25.1 Å². The summed E-state index contributed by atoms with van der Waals surface area (Å²) >= 11 is 5.77. The number of nitrogens with one attached hydrogen (secondary N) is 2. The van der Waals surface area contributed by atoms with Crippen LogP contribution in [0.2, 0.25) is 5.02 Å². The lowest BCUT2D eigenvalue weighted by molar-refractivity contribution is 0.102. The number of anilines is 1. The molecule has 0 aliphatic rings. The number of hydrogen-bond acceptors (Lipinski definition) is 3. The molecule has 0 saturated heterocycles. The lowest BCUT2D eigenvalue weighted by atomic mass is 10.2. The highest BCUT2D eigenvalue weighted by Gasteiger charge is 2.08. The highest BCUT2D eigenvalue weighted by Crippen LogP contribution is 2.12. The van der Waals surface area contributed by atoms with Crippen molar-refractivity contribution in [2.24, 2.45) is 0 Å². The number of rotatable bonds is 4. The summed E-state index contributed by atoms with van der Waals surface area (Å²) in [5.41, 5.74) is 1.48. The number of carbonyl (C=O) groups is 1. The van der Waals surface area contributed by atoms with Gasteiger partial charge in [-0.05, 0) is 38.4 Å². The van der Waals surface area contributed by atoms with Crippen LogP contribution in [0.25, 0.3) is 0 Å². The molecule has 0 aliphatic carbocycles. The fraction of sp³-hybridized carbons (Fsp3) is 0.231. The molecule has 5 nitrogen and oxygen atoms in total. The van der Waals surface area contributed by atoms with Crippen LogP contribution in [-0.2, 0) is 6.54 Å². The summed E-state index contributed by atoms with van der Waals surface area (Å²) < 4.78 is 0. The van der Waals surface area contributed by atoms with Crippen LogP contribution in [0.5, 0.6) is 0 Å². The van der Waals surface area contributed by atoms with Crippen molar-refractivity contribution in [2.75, 3.05) is 19.4 Å². The molecule has 0 saturated carbocycles. The Bertz CT molecular complexity index is 562. The van der Waals surface area contributed by atoms with Crippen LogP contribution in [0.1, 0.15) is 16.1 Å². The Morgan fingerprint density at radius 3 is 2.68 bits per heavy atom. The van der Waals surface area contributed by atoms with Crippen LogP contribution in [0.15, 0.2) is 30.3 Å². The molecule has 0 spiro atoms. The quantitative estimate of drug-likeness (QED) is 0.903. The van der Waals surface area contributed by atoms with Crippen molar-refractivity contribution in [2.45, 2.75) is 6.54 Å². The SMILES string of the molecule is CN(C)Cc1cc(NC(=O)c2ccc(Cl)cc2)n[nH]1. The number of aromatic nitrogens is 2. The Hall–Kier alpha value is -1.85. The zero-order valence-corrected chi connectivity index (χ0v) is 11.5. The second-order valence-electron chi connectivity index (χ2n) is 4.48. The molecule has 2 N–H and O–H groups in total. The summed E-state index contributed by atoms with van der Waals surface area (Å²) in [4.78, 5) is 14.0. The lowest BCUT2D eigenvalue weighted by Crippen LogP contribution is -2.12. The van der Waals surface area contributed by atoms with Crippen LogP contribution in [0.3, 0.4) is 0 Å². The van der Waals surface area contributed by atoms with E-state index in [2.05, 4.69) is 15.5 Å². The predicted molar refractivity (Wildman–Crippen MR) is 75.4 cm³/mol. The zero-order chi connectivity index (χ0) is 13.8. The average molecular weight is 279 g/mol. The molecule has 6 heteroatoms. The van der Waals surface area contributed by atoms with Gasteiger partial charge >= 0.3 is 0 Å². The van der Waals surface area contributed by atoms with Gasteiger partial charge in [0.05, 0.1) is 5.69 Å². The molecular formula is C13H15ClN4O. The van der Waals surface area contributed by atoms with E-state index in [1.165, 1.54) is 0 Å². The second kappa shape index (κ2) is 5.86. The first kappa shape index (κ1) is 13.6. The van der Waals surface area contributed by atoms with Gasteiger partial charge in [-0.25, -0.2) is 0 Å². The molecule has 0 fully saturated rings. The fourth-order valence-corrected chi connectivity index (χ4v) is 1.76. The zero-order valence-electron chi connectivity index (χ0n) is 10.8. The van der Waals surface area contributed by atoms with E-state index in [9.17, 15) is 4.79 Å². The van der Waals surface area contributed by atoms with Gasteiger partial charge < -0.3 is 10.2 Å². The number of amides is 1. The molecule has 0 bridgehead atoms. The number of aromatic amines is 1. The minimum absolute atomic E-state index is 0.209. The average Bonchev–Trinajstić information content (AvgIpc) is 2.76. The van der Waals surface area contributed by atoms with Gasteiger partial charge in [-0.1, -0.05) is 11.6 Å². The number of halogens is 1. The standard InChI is InChI=1S/C13H15ClN4O/c1-18(2)8-11-7-12(17-16-11)15-13(19)9-3-5-10(14)6-4-9/h3-7H,8H2,1-2H3,(H2,15,16,17,19). The minimum Gasteiger partial charge on any atom is -0.305 e. The number of benzene rings is 1. The minimum atomic E-state index is -0.209. The van der Waals surface area contributed by atoms with Crippen LogP contribution in [0.4, 0.5) is 5.82 Å². The molecule has 1 aromatic carbocycles. The van der Waals surface area contributed by atoms with E-state index >= 15 is 0 Å². The molecule has 0 radical (unpaired) electrons. The molecule has 2 rings (SSSR count). The van der Waals surface area contributed by atoms with Gasteiger partial charge in [0.15, 0.2) is 5.82 Å². The third-order valence-electron chi connectivity index (χ3n) is 2.47. The molecule has 2 aromatic rings. The second-order valence-corrected chi connectivity index (χ2v) is 4.91. The summed E-state index contributed by atoms with van der Waals surface area (Å²) in [5, 5.41) is 10.2. The molecule has 0 unspecified atom stereocenters. The molecule has 1 heterocycles. The number of carbonyl (C=O) groups excluding carboxylic acids is 1. The van der Waals surface area contributed by atoms with Gasteiger partial charge in [-0.3, -0.25) is 9.89 Å². The summed E-state index contributed by atoms with van der Waals surface area (Å²) in [6.45, 7) is 0.740. The molecule has 100 valence electrons. The summed E-state index contributed by atoms with van der Waals surface area (Å²) in [7, 11) is 3.93. The van der Waals surface area contributed by atoms with E-state index in [4.69, 9.17) is 11.6 Å². The van der Waals surface area contributed by atoms with E-state index in [-0.39, 0.29) is 5.91 Å². The van der Waals surface area contributed by atoms with E-state index in [1.54, 1.807) is 24.3 Å². The van der Waals surface area contributed by atoms with Gasteiger partial charge in [0.1, 0.15) is 0 Å². The maximum absolute atomic E-state index is 11.9. The summed E-state index contributed by atoms with van der Waals surface area (Å²) in [6.07, 6.45) is 0. The van der Waals surface area contributed by atoms with Crippen molar-refractivity contribution in [3.05, 3.63) is 46.6 Å². The Kier molecular flexibility index (Phi) is 4.19. The van der Waals surface area contributed by atoms with Crippen molar-refractivity contribution >= 4 is 23.3 Å². The smallest absolute Gasteiger partial charge is 0.256 e. The highest BCUT2D eigenvalue weighted by molar-refractivity contribution is 6.30. The third-order valence-corrected chi connectivity index (χ3v) is 2.72. The molecular weight excluding hydrogens is 264 g/mol. The van der Waals surface area contributed by atoms with Crippen molar-refractivity contribution in [1.82, 2.24) is 15.1 Å². The van der Waals surface area contributed by atoms with Crippen LogP contribution in [0, 0.1) is 0 Å². The first-order chi connectivity index (χ1) is 9.04. The lowest BCUT2D eigenvalue weighted by Gasteiger charge is -2.05. The number of H-pyrrole nitrogens is 1. The third kappa shape index (κ3) is 3.81. The predicted octanol–water partition coefficient (Wildman–Crippen LogP) is 2.38. The Labute approximate surface area is 116 Å². The summed E-state index contributed by atoms with van der Waals surface area (Å²) in [6, 6.07) is 8.51. The van der Waals surface area contributed by atoms with Gasteiger partial charge in [0.2, 0.25) is 0 Å². The van der Waals surface area contributed by atoms with E-state index < -0.39 is 0 Å². The van der Waals surface area contributed by atoms with Crippen LogP contribution < -0.4 is 5.32 Å². The van der Waals surface area contributed by atoms with Gasteiger partial charge in [0.25, 0.3) is 5.91 Å². The van der Waals surface area contributed by atoms with Gasteiger partial charge in [-0.2, -0.15) is 5.10 Å². The Morgan fingerprint density at radius 2 is 2.05 bits per heavy atom. The summed E-state index contributed by atoms with van der Waals surface area (Å²) in [5.74, 6) is 0.302. The molecule has 1 amide bonds. The molecule has 19 heavy (non-hydrogen) atoms. The first-order valence-corrected chi connectivity index (χ1v) is 6.18. The van der Waals surface area contributed by atoms with Gasteiger partial charge in [0, 0.05) is 23.2 Å². The Balaban J connectivity index is 2.02. The topological polar surface area (TPSA) is 61.0 Å². The fourth-order valence-electron chi connectivity index (χ4n) is 1.64. The number of hydrogen-bond donors (Lipinski definition) is 2. The van der Waals surface area contributed by atoms with Crippen molar-refractivity contribution in [3.63, 3.8) is 0 Å². The van der Waals surface area contributed by atoms with Gasteiger partial charge in [-0.15, -0.1) is 0 Å². The highest BCUT2D eigenvalue weighted by atomic mass is 35.5. The van der Waals surface area contributed by atoms with Crippen LogP contribution in [-0.4, -0.2) is 35.1 Å². The largest absolute Gasteiger partial charge is 0.305 e. The van der Waals surface area contributed by atoms with E-state index in [0.717, 1.165) is 12.2 Å². The normalized spacial score (nSPS) is 10.7. The van der Waals surface area contributed by atoms with E-state index in [0.29, 0.717) is 16.4 Å². The van der Waals surface area contributed by atoms with Crippen molar-refractivity contribution in [1.29, 1.82) is 0 Å². The van der Waals surface area contributed by atoms with Crippen molar-refractivity contribution < 1.29 is 4.79 Å². The maximum atomic E-state index is 11.9. The molecule has 0 atom stereocenters.